The highest BCUT2D eigenvalue weighted by atomic mass is 32.2. The van der Waals surface area contributed by atoms with E-state index >= 15 is 0 Å². The van der Waals surface area contributed by atoms with Crippen LogP contribution in [-0.2, 0) is 20.7 Å². The minimum Gasteiger partial charge on any atom is -0.454 e. The van der Waals surface area contributed by atoms with Crippen LogP contribution in [0.3, 0.4) is 0 Å². The molecule has 2 rings (SSSR count). The maximum Gasteiger partial charge on any atom is 0.326 e. The van der Waals surface area contributed by atoms with E-state index in [9.17, 15) is 14.4 Å². The molecule has 0 radical (unpaired) electrons. The summed E-state index contributed by atoms with van der Waals surface area (Å²) in [7, 11) is 0. The van der Waals surface area contributed by atoms with Gasteiger partial charge in [0.25, 0.3) is 11.1 Å². The van der Waals surface area contributed by atoms with Crippen LogP contribution in [0.15, 0.2) is 30.3 Å². The SMILES string of the molecule is C[C@H](CCc1ccccc1)NC(=O)COC(=O)CN1CCSC1=O. The van der Waals surface area contributed by atoms with Crippen molar-refractivity contribution in [3.63, 3.8) is 0 Å². The molecule has 0 aromatic heterocycles. The highest BCUT2D eigenvalue weighted by Crippen LogP contribution is 2.16. The Morgan fingerprint density at radius 1 is 1.33 bits per heavy atom. The Hall–Kier alpha value is -2.02. The fourth-order valence-corrected chi connectivity index (χ4v) is 3.16. The number of esters is 1. The molecule has 6 nitrogen and oxygen atoms in total. The van der Waals surface area contributed by atoms with Crippen LogP contribution < -0.4 is 5.32 Å². The lowest BCUT2D eigenvalue weighted by Crippen LogP contribution is -2.37. The minimum atomic E-state index is -0.557. The van der Waals surface area contributed by atoms with E-state index in [-0.39, 0.29) is 30.3 Å². The van der Waals surface area contributed by atoms with Gasteiger partial charge in [-0.1, -0.05) is 42.1 Å². The summed E-state index contributed by atoms with van der Waals surface area (Å²) in [6, 6.07) is 10.0. The lowest BCUT2D eigenvalue weighted by atomic mass is 10.1. The molecule has 1 saturated heterocycles. The Bertz CT molecular complexity index is 579. The van der Waals surface area contributed by atoms with Crippen molar-refractivity contribution < 1.29 is 19.1 Å². The zero-order valence-corrected chi connectivity index (χ0v) is 14.5. The molecule has 1 aromatic carbocycles. The van der Waals surface area contributed by atoms with Crippen LogP contribution in [-0.4, -0.2) is 53.5 Å². The van der Waals surface area contributed by atoms with E-state index in [1.54, 1.807) is 0 Å². The van der Waals surface area contributed by atoms with Gasteiger partial charge >= 0.3 is 5.97 Å². The van der Waals surface area contributed by atoms with Crippen LogP contribution in [0, 0.1) is 0 Å². The van der Waals surface area contributed by atoms with Crippen LogP contribution in [0.2, 0.25) is 0 Å². The van der Waals surface area contributed by atoms with Crippen LogP contribution >= 0.6 is 11.8 Å². The van der Waals surface area contributed by atoms with Crippen molar-refractivity contribution in [1.29, 1.82) is 0 Å². The molecule has 7 heteroatoms. The van der Waals surface area contributed by atoms with Crippen molar-refractivity contribution >= 4 is 28.9 Å². The summed E-state index contributed by atoms with van der Waals surface area (Å²) in [6.45, 7) is 2.05. The first-order valence-electron chi connectivity index (χ1n) is 7.95. The van der Waals surface area contributed by atoms with Crippen molar-refractivity contribution in [3.05, 3.63) is 35.9 Å². The summed E-state index contributed by atoms with van der Waals surface area (Å²) in [5, 5.41) is 2.69. The second kappa shape index (κ2) is 9.32. The van der Waals surface area contributed by atoms with E-state index in [2.05, 4.69) is 5.32 Å². The Morgan fingerprint density at radius 2 is 2.08 bits per heavy atom. The molecule has 0 spiro atoms. The van der Waals surface area contributed by atoms with Crippen LogP contribution in [0.25, 0.3) is 0 Å². The van der Waals surface area contributed by atoms with Crippen molar-refractivity contribution in [1.82, 2.24) is 10.2 Å². The molecule has 1 aliphatic heterocycles. The average Bonchev–Trinajstić information content (AvgIpc) is 2.97. The van der Waals surface area contributed by atoms with Crippen molar-refractivity contribution in [2.45, 2.75) is 25.8 Å². The molecule has 0 bridgehead atoms. The Morgan fingerprint density at radius 3 is 2.75 bits per heavy atom. The van der Waals surface area contributed by atoms with E-state index in [1.807, 2.05) is 37.3 Å². The van der Waals surface area contributed by atoms with Gasteiger partial charge in [-0.25, -0.2) is 0 Å². The molecule has 1 aromatic rings. The van der Waals surface area contributed by atoms with Gasteiger partial charge in [0.1, 0.15) is 6.54 Å². The molecule has 24 heavy (non-hydrogen) atoms. The van der Waals surface area contributed by atoms with Gasteiger partial charge in [0.05, 0.1) is 0 Å². The Balaban J connectivity index is 1.61. The lowest BCUT2D eigenvalue weighted by molar-refractivity contribution is -0.149. The molecule has 130 valence electrons. The highest BCUT2D eigenvalue weighted by Gasteiger charge is 2.24. The zero-order valence-electron chi connectivity index (χ0n) is 13.7. The third-order valence-corrected chi connectivity index (χ3v) is 4.54. The molecule has 1 N–H and O–H groups in total. The van der Waals surface area contributed by atoms with E-state index in [0.29, 0.717) is 12.3 Å². The lowest BCUT2D eigenvalue weighted by Gasteiger charge is -2.15. The van der Waals surface area contributed by atoms with Crippen LogP contribution in [0.4, 0.5) is 4.79 Å². The summed E-state index contributed by atoms with van der Waals surface area (Å²) in [5.74, 6) is -0.199. The molecule has 0 saturated carbocycles. The fourth-order valence-electron chi connectivity index (χ4n) is 2.33. The molecule has 1 heterocycles. The van der Waals surface area contributed by atoms with Gasteiger partial charge in [-0.15, -0.1) is 0 Å². The third kappa shape index (κ3) is 6.23. The number of ether oxygens (including phenoxy) is 1. The number of thioether (sulfide) groups is 1. The predicted molar refractivity (Wildman–Crippen MR) is 92.8 cm³/mol. The maximum atomic E-state index is 11.8. The monoisotopic (exact) mass is 350 g/mol. The molecule has 0 aliphatic carbocycles. The first kappa shape index (κ1) is 18.3. The number of benzene rings is 1. The van der Waals surface area contributed by atoms with E-state index in [1.165, 1.54) is 22.2 Å². The van der Waals surface area contributed by atoms with E-state index in [4.69, 9.17) is 4.74 Å². The predicted octanol–water partition coefficient (Wildman–Crippen LogP) is 1.84. The molecule has 1 fully saturated rings. The number of carbonyl (C=O) groups is 3. The number of nitrogens with zero attached hydrogens (tertiary/aromatic N) is 1. The highest BCUT2D eigenvalue weighted by molar-refractivity contribution is 8.13. The summed E-state index contributed by atoms with van der Waals surface area (Å²) < 4.78 is 4.92. The van der Waals surface area contributed by atoms with Crippen LogP contribution in [0.5, 0.6) is 0 Å². The van der Waals surface area contributed by atoms with Crippen molar-refractivity contribution in [3.8, 4) is 0 Å². The topological polar surface area (TPSA) is 75.7 Å². The van der Waals surface area contributed by atoms with E-state index in [0.717, 1.165) is 12.8 Å². The third-order valence-electron chi connectivity index (χ3n) is 3.65. The number of hydrogen-bond donors (Lipinski definition) is 1. The number of nitrogens with one attached hydrogen (secondary N) is 1. The van der Waals surface area contributed by atoms with Gasteiger partial charge in [-0.2, -0.15) is 0 Å². The Labute approximate surface area is 145 Å². The molecule has 2 amide bonds. The zero-order chi connectivity index (χ0) is 17.4. The normalized spacial score (nSPS) is 15.2. The first-order valence-corrected chi connectivity index (χ1v) is 8.94. The van der Waals surface area contributed by atoms with E-state index < -0.39 is 5.97 Å². The number of rotatable bonds is 8. The van der Waals surface area contributed by atoms with Gasteiger partial charge in [-0.05, 0) is 25.3 Å². The van der Waals surface area contributed by atoms with Gasteiger partial charge < -0.3 is 15.0 Å². The van der Waals surface area contributed by atoms with Crippen molar-refractivity contribution in [2.24, 2.45) is 0 Å². The minimum absolute atomic E-state index is 0.00651. The molecule has 0 unspecified atom stereocenters. The summed E-state index contributed by atoms with van der Waals surface area (Å²) in [4.78, 5) is 36.2. The summed E-state index contributed by atoms with van der Waals surface area (Å²) >= 11 is 1.18. The number of aryl methyl sites for hydroxylation is 1. The largest absolute Gasteiger partial charge is 0.454 e. The van der Waals surface area contributed by atoms with Gasteiger partial charge in [0, 0.05) is 18.3 Å². The van der Waals surface area contributed by atoms with Crippen molar-refractivity contribution in [2.75, 3.05) is 25.4 Å². The first-order chi connectivity index (χ1) is 11.5. The van der Waals surface area contributed by atoms with Gasteiger partial charge in [0.15, 0.2) is 6.61 Å². The molecular formula is C17H22N2O4S. The number of hydrogen-bond acceptors (Lipinski definition) is 5. The van der Waals surface area contributed by atoms with Crippen LogP contribution in [0.1, 0.15) is 18.9 Å². The number of amides is 2. The molecular weight excluding hydrogens is 328 g/mol. The average molecular weight is 350 g/mol. The Kier molecular flexibility index (Phi) is 7.11. The smallest absolute Gasteiger partial charge is 0.326 e. The second-order valence-electron chi connectivity index (χ2n) is 5.69. The fraction of sp³-hybridized carbons (Fsp3) is 0.471. The molecule has 1 atom stereocenters. The number of carbonyl (C=O) groups excluding carboxylic acids is 3. The summed E-state index contributed by atoms with van der Waals surface area (Å²) in [6.07, 6.45) is 1.68. The molecule has 1 aliphatic rings. The quantitative estimate of drug-likeness (QED) is 0.724. The van der Waals surface area contributed by atoms with Gasteiger partial charge in [-0.3, -0.25) is 14.4 Å². The maximum absolute atomic E-state index is 11.8. The summed E-state index contributed by atoms with van der Waals surface area (Å²) in [5.41, 5.74) is 1.22. The van der Waals surface area contributed by atoms with Gasteiger partial charge in [0.2, 0.25) is 0 Å². The second-order valence-corrected chi connectivity index (χ2v) is 6.74. The standard InChI is InChI=1S/C17H22N2O4S/c1-13(7-8-14-5-3-2-4-6-14)18-15(20)12-23-16(21)11-19-9-10-24-17(19)22/h2-6,13H,7-12H2,1H3,(H,18,20)/t13-/m1/s1.